The van der Waals surface area contributed by atoms with E-state index in [1.165, 1.54) is 0 Å². The summed E-state index contributed by atoms with van der Waals surface area (Å²) in [5.74, 6) is -0.0154. The molecule has 3 rings (SSSR count). The van der Waals surface area contributed by atoms with Crippen LogP contribution in [0.15, 0.2) is 99.6 Å². The van der Waals surface area contributed by atoms with Crippen molar-refractivity contribution in [2.24, 2.45) is 0 Å². The van der Waals surface area contributed by atoms with Crippen molar-refractivity contribution in [1.82, 2.24) is 0 Å². The first-order valence-corrected chi connectivity index (χ1v) is 10.3. The lowest BCUT2D eigenvalue weighted by atomic mass is 10.2. The highest BCUT2D eigenvalue weighted by atomic mass is 32.2. The molecule has 0 aliphatic heterocycles. The number of hydrogen-bond donors (Lipinski definition) is 1. The summed E-state index contributed by atoms with van der Waals surface area (Å²) in [6, 6.07) is 25.4. The third-order valence-corrected chi connectivity index (χ3v) is 6.79. The first-order chi connectivity index (χ1) is 11.6. The molecule has 0 fully saturated rings. The van der Waals surface area contributed by atoms with Gasteiger partial charge in [-0.1, -0.05) is 48.5 Å². The summed E-state index contributed by atoms with van der Waals surface area (Å²) in [6.07, 6.45) is 0. The highest BCUT2D eigenvalue weighted by Crippen LogP contribution is 2.21. The van der Waals surface area contributed by atoms with E-state index < -0.39 is 20.5 Å². The van der Waals surface area contributed by atoms with Gasteiger partial charge in [0.05, 0.1) is 10.6 Å². The van der Waals surface area contributed by atoms with Crippen molar-refractivity contribution in [2.75, 3.05) is 0 Å². The van der Waals surface area contributed by atoms with E-state index in [4.69, 9.17) is 4.78 Å². The molecule has 24 heavy (non-hydrogen) atoms. The van der Waals surface area contributed by atoms with E-state index in [-0.39, 0.29) is 5.75 Å². The maximum absolute atomic E-state index is 12.5. The minimum atomic E-state index is -3.38. The van der Waals surface area contributed by atoms with Gasteiger partial charge in [0.25, 0.3) is 0 Å². The Hall–Kier alpha value is -2.24. The molecular formula is C19H17NO2S2. The van der Waals surface area contributed by atoms with Crippen LogP contribution in [0.2, 0.25) is 0 Å². The number of sulfone groups is 1. The molecule has 0 bridgehead atoms. The van der Waals surface area contributed by atoms with E-state index in [0.717, 1.165) is 15.4 Å². The standard InChI is InChI=1S/C19H17NO2S2/c20-23(17-9-5-2-6-10-17)18-11-13-19(14-12-18)24(21,22)15-16-7-3-1-4-8-16/h1-14,20H,15H2. The molecule has 0 aliphatic carbocycles. The molecule has 122 valence electrons. The summed E-state index contributed by atoms with van der Waals surface area (Å²) in [5, 5.41) is 0. The molecule has 0 aromatic heterocycles. The van der Waals surface area contributed by atoms with Crippen molar-refractivity contribution in [1.29, 1.82) is 4.78 Å². The molecule has 1 N–H and O–H groups in total. The van der Waals surface area contributed by atoms with Gasteiger partial charge in [-0.3, -0.25) is 4.78 Å². The van der Waals surface area contributed by atoms with E-state index in [0.29, 0.717) is 4.90 Å². The summed E-state index contributed by atoms with van der Waals surface area (Å²) >= 11 is 0. The maximum Gasteiger partial charge on any atom is 0.182 e. The summed E-state index contributed by atoms with van der Waals surface area (Å²) in [6.45, 7) is 0. The Morgan fingerprint density at radius 3 is 1.79 bits per heavy atom. The topological polar surface area (TPSA) is 58.0 Å². The third kappa shape index (κ3) is 3.80. The van der Waals surface area contributed by atoms with Crippen LogP contribution >= 0.6 is 0 Å². The molecule has 0 saturated heterocycles. The highest BCUT2D eigenvalue weighted by molar-refractivity contribution is 7.90. The third-order valence-electron chi connectivity index (χ3n) is 3.60. The number of benzene rings is 3. The van der Waals surface area contributed by atoms with Crippen LogP contribution in [0.3, 0.4) is 0 Å². The molecule has 0 spiro atoms. The Kier molecular flexibility index (Phi) is 4.92. The molecule has 1 unspecified atom stereocenters. The molecule has 0 amide bonds. The first kappa shape index (κ1) is 16.6. The van der Waals surface area contributed by atoms with Crippen LogP contribution in [0.1, 0.15) is 5.56 Å². The minimum absolute atomic E-state index is 0.0154. The SMILES string of the molecule is N=S(c1ccccc1)c1ccc(S(=O)(=O)Cc2ccccc2)cc1. The fourth-order valence-electron chi connectivity index (χ4n) is 2.35. The van der Waals surface area contributed by atoms with Gasteiger partial charge in [0, 0.05) is 9.79 Å². The van der Waals surface area contributed by atoms with E-state index in [2.05, 4.69) is 0 Å². The number of rotatable bonds is 5. The smallest absolute Gasteiger partial charge is 0.182 e. The molecule has 0 aliphatic rings. The zero-order chi connectivity index (χ0) is 17.0. The summed E-state index contributed by atoms with van der Waals surface area (Å²) in [7, 11) is -4.19. The molecule has 0 heterocycles. The van der Waals surface area contributed by atoms with Crippen LogP contribution in [-0.2, 0) is 26.3 Å². The van der Waals surface area contributed by atoms with Gasteiger partial charge >= 0.3 is 0 Å². The molecule has 5 heteroatoms. The lowest BCUT2D eigenvalue weighted by Crippen LogP contribution is -2.05. The second-order valence-corrected chi connectivity index (χ2v) is 8.88. The minimum Gasteiger partial charge on any atom is -0.271 e. The van der Waals surface area contributed by atoms with Gasteiger partial charge in [-0.05, 0) is 52.7 Å². The average molecular weight is 355 g/mol. The Morgan fingerprint density at radius 1 is 0.708 bits per heavy atom. The van der Waals surface area contributed by atoms with Crippen LogP contribution < -0.4 is 0 Å². The largest absolute Gasteiger partial charge is 0.271 e. The van der Waals surface area contributed by atoms with E-state index in [1.807, 2.05) is 60.7 Å². The zero-order valence-electron chi connectivity index (χ0n) is 12.9. The van der Waals surface area contributed by atoms with Crippen molar-refractivity contribution in [2.45, 2.75) is 20.4 Å². The fourth-order valence-corrected chi connectivity index (χ4v) is 4.81. The van der Waals surface area contributed by atoms with Gasteiger partial charge in [0.1, 0.15) is 0 Å². The molecule has 1 atom stereocenters. The van der Waals surface area contributed by atoms with Gasteiger partial charge in [0.2, 0.25) is 0 Å². The number of hydrogen-bond acceptors (Lipinski definition) is 3. The summed E-state index contributed by atoms with van der Waals surface area (Å²) < 4.78 is 33.4. The van der Waals surface area contributed by atoms with Crippen molar-refractivity contribution < 1.29 is 8.42 Å². The van der Waals surface area contributed by atoms with Crippen molar-refractivity contribution in [3.8, 4) is 0 Å². The second-order valence-electron chi connectivity index (χ2n) is 5.34. The second kappa shape index (κ2) is 7.11. The Labute approximate surface area is 144 Å². The van der Waals surface area contributed by atoms with Crippen molar-refractivity contribution >= 4 is 20.5 Å². The summed E-state index contributed by atoms with van der Waals surface area (Å²) in [4.78, 5) is 2.01. The molecule has 3 aromatic carbocycles. The summed E-state index contributed by atoms with van der Waals surface area (Å²) in [5.41, 5.74) is 0.770. The van der Waals surface area contributed by atoms with Crippen LogP contribution in [-0.4, -0.2) is 8.42 Å². The van der Waals surface area contributed by atoms with Gasteiger partial charge in [-0.25, -0.2) is 8.42 Å². The quantitative estimate of drug-likeness (QED) is 0.734. The Balaban J connectivity index is 1.83. The molecular weight excluding hydrogens is 338 g/mol. The Morgan fingerprint density at radius 2 is 1.21 bits per heavy atom. The van der Waals surface area contributed by atoms with Gasteiger partial charge < -0.3 is 0 Å². The van der Waals surface area contributed by atoms with Gasteiger partial charge in [-0.2, -0.15) is 0 Å². The van der Waals surface area contributed by atoms with Crippen molar-refractivity contribution in [3.63, 3.8) is 0 Å². The Bertz CT molecular complexity index is 936. The van der Waals surface area contributed by atoms with Crippen LogP contribution in [0.25, 0.3) is 0 Å². The van der Waals surface area contributed by atoms with Crippen LogP contribution in [0.5, 0.6) is 0 Å². The van der Waals surface area contributed by atoms with E-state index in [1.54, 1.807) is 24.3 Å². The zero-order valence-corrected chi connectivity index (χ0v) is 14.6. The molecule has 3 nitrogen and oxygen atoms in total. The normalized spacial score (nSPS) is 12.7. The first-order valence-electron chi connectivity index (χ1n) is 7.43. The van der Waals surface area contributed by atoms with Gasteiger partial charge in [-0.15, -0.1) is 0 Å². The monoisotopic (exact) mass is 355 g/mol. The predicted molar refractivity (Wildman–Crippen MR) is 96.8 cm³/mol. The molecule has 0 radical (unpaired) electrons. The van der Waals surface area contributed by atoms with E-state index >= 15 is 0 Å². The molecule has 0 saturated carbocycles. The van der Waals surface area contributed by atoms with Crippen LogP contribution in [0.4, 0.5) is 0 Å². The predicted octanol–water partition coefficient (Wildman–Crippen LogP) is 4.46. The van der Waals surface area contributed by atoms with E-state index in [9.17, 15) is 8.42 Å². The lowest BCUT2D eigenvalue weighted by Gasteiger charge is -2.08. The van der Waals surface area contributed by atoms with Gasteiger partial charge in [0.15, 0.2) is 9.84 Å². The number of nitrogens with one attached hydrogen (secondary N) is 1. The van der Waals surface area contributed by atoms with Crippen molar-refractivity contribution in [3.05, 3.63) is 90.5 Å². The lowest BCUT2D eigenvalue weighted by molar-refractivity contribution is 0.595. The highest BCUT2D eigenvalue weighted by Gasteiger charge is 2.15. The maximum atomic E-state index is 12.5. The average Bonchev–Trinajstić information content (AvgIpc) is 2.62. The fraction of sp³-hybridized carbons (Fsp3) is 0.0526. The molecule has 3 aromatic rings. The van der Waals surface area contributed by atoms with Crippen LogP contribution in [0, 0.1) is 4.78 Å².